The molecule has 24 aromatic rings. The minimum Gasteiger partial charge on any atom is -0.244 e. The molecule has 3 aliphatic carbocycles. The highest BCUT2D eigenvalue weighted by molar-refractivity contribution is 6.13. The zero-order valence-electron chi connectivity index (χ0n) is 73.2. The maximum absolute atomic E-state index is 5.46. The van der Waals surface area contributed by atoms with E-state index in [1.165, 1.54) is 121 Å². The lowest BCUT2D eigenvalue weighted by atomic mass is 9.67. The minimum atomic E-state index is -0.449. The van der Waals surface area contributed by atoms with Crippen molar-refractivity contribution in [1.82, 2.24) is 29.9 Å². The Morgan fingerprint density at radius 1 is 0.173 bits per heavy atom. The van der Waals surface area contributed by atoms with E-state index in [0.29, 0.717) is 0 Å². The zero-order chi connectivity index (χ0) is 88.3. The van der Waals surface area contributed by atoms with Crippen molar-refractivity contribution < 1.29 is 0 Å². The van der Waals surface area contributed by atoms with Crippen LogP contribution in [-0.2, 0) is 16.2 Å². The van der Waals surface area contributed by atoms with Crippen LogP contribution in [0.1, 0.15) is 69.5 Å². The summed E-state index contributed by atoms with van der Waals surface area (Å²) < 4.78 is 0. The Morgan fingerprint density at radius 3 is 0.970 bits per heavy atom. The number of benzene rings is 21. The minimum absolute atomic E-state index is 0.0934. The fourth-order valence-corrected chi connectivity index (χ4v) is 22.1. The van der Waals surface area contributed by atoms with Gasteiger partial charge in [0, 0.05) is 55.0 Å². The Bertz CT molecular complexity index is 8690. The van der Waals surface area contributed by atoms with E-state index in [2.05, 4.69) is 475 Å². The third-order valence-corrected chi connectivity index (χ3v) is 28.1. The molecule has 27 rings (SSSR count). The van der Waals surface area contributed by atoms with Crippen molar-refractivity contribution in [2.24, 2.45) is 0 Å². The monoisotopic (exact) mass is 1690 g/mol. The molecule has 0 radical (unpaired) electrons. The first-order valence-electron chi connectivity index (χ1n) is 45.8. The highest BCUT2D eigenvalue weighted by Crippen LogP contribution is 2.61. The van der Waals surface area contributed by atoms with Gasteiger partial charge in [0.25, 0.3) is 0 Å². The molecule has 3 aromatic heterocycles. The first-order chi connectivity index (χ1) is 65.7. The molecule has 0 atom stereocenters. The summed E-state index contributed by atoms with van der Waals surface area (Å²) in [7, 11) is 0. The van der Waals surface area contributed by atoms with Crippen molar-refractivity contribution in [1.29, 1.82) is 0 Å². The molecule has 0 saturated carbocycles. The van der Waals surface area contributed by atoms with E-state index < -0.39 is 10.8 Å². The summed E-state index contributed by atoms with van der Waals surface area (Å²) in [6, 6.07) is 170. The van der Waals surface area contributed by atoms with Gasteiger partial charge in [0.05, 0.1) is 66.9 Å². The van der Waals surface area contributed by atoms with E-state index >= 15 is 0 Å². The predicted molar refractivity (Wildman–Crippen MR) is 551 cm³/mol. The van der Waals surface area contributed by atoms with Crippen molar-refractivity contribution in [3.63, 3.8) is 0 Å². The second-order valence-corrected chi connectivity index (χ2v) is 35.6. The van der Waals surface area contributed by atoms with Gasteiger partial charge in [-0.2, -0.15) is 0 Å². The molecular weight excluding hydrogens is 1610 g/mol. The molecule has 0 fully saturated rings. The van der Waals surface area contributed by atoms with Crippen LogP contribution in [0.15, 0.2) is 473 Å². The van der Waals surface area contributed by atoms with E-state index in [1.54, 1.807) is 0 Å². The third-order valence-electron chi connectivity index (χ3n) is 28.1. The topological polar surface area (TPSA) is 77.3 Å². The Labute approximate surface area is 771 Å². The molecular formula is C127H84N6. The fourth-order valence-electron chi connectivity index (χ4n) is 22.1. The molecule has 0 aliphatic heterocycles. The first kappa shape index (κ1) is 78.2. The second-order valence-electron chi connectivity index (χ2n) is 35.6. The standard InChI is InChI=1S/2C47H30N2.C33H24N2/c1-4-15-33(16-5-1)44-45(48-42-29-27-31-14-10-11-21-37(31)46(42)49-44)34-25-24-32-26-28-41-43(39(32)30-34)38-22-12-13-23-40(38)47(41,35-17-6-2-7-18-35)36-19-8-3-9-20-36;1-4-15-33(16-5-1)44-45(49-46-37-21-11-10-14-31(37)27-29-42(46)48-44)34-25-24-32-26-28-41-43(39(32)30-34)38-22-12-13-23-40(38)47(41,35-17-6-2-7-18-35)36-19-8-3-9-20-36;1-33(2)26-18-10-8-16-24(26)29-27(33)20-22-14-6-7-15-23(22)30(29)32-34-28-19-11-9-17-25(28)31(35-32)21-12-4-3-5-13-21/h2*1-30H;3-20H,1-2H3. The molecule has 0 saturated heterocycles. The maximum Gasteiger partial charge on any atom is 0.161 e. The van der Waals surface area contributed by atoms with Gasteiger partial charge in [-0.1, -0.05) is 451 Å². The summed E-state index contributed by atoms with van der Waals surface area (Å²) >= 11 is 0. The Balaban J connectivity index is 0.000000109. The van der Waals surface area contributed by atoms with Crippen LogP contribution in [0.2, 0.25) is 0 Å². The highest BCUT2D eigenvalue weighted by Gasteiger charge is 2.49. The molecule has 622 valence electrons. The number of para-hydroxylation sites is 1. The van der Waals surface area contributed by atoms with Crippen molar-refractivity contribution >= 4 is 86.8 Å². The largest absolute Gasteiger partial charge is 0.244 e. The number of hydrogen-bond donors (Lipinski definition) is 0. The molecule has 21 aromatic carbocycles. The second kappa shape index (κ2) is 31.7. The third kappa shape index (κ3) is 12.5. The van der Waals surface area contributed by atoms with Crippen molar-refractivity contribution in [2.45, 2.75) is 30.1 Å². The molecule has 0 N–H and O–H groups in total. The van der Waals surface area contributed by atoms with Crippen LogP contribution in [-0.4, -0.2) is 29.9 Å². The summed E-state index contributed by atoms with van der Waals surface area (Å²) in [5.41, 5.74) is 35.2. The molecule has 0 bridgehead atoms. The van der Waals surface area contributed by atoms with Gasteiger partial charge in [-0.25, -0.2) is 29.9 Å². The molecule has 133 heavy (non-hydrogen) atoms. The average Bonchev–Trinajstić information content (AvgIpc) is 1.53. The number of aromatic nitrogens is 6. The SMILES string of the molecule is CC1(C)c2ccccc2-c2c1cc1ccccc1c2-c1nc(-c2ccccc2)c2ccccc2n1.c1ccc(-c2nc3c(ccc4ccccc43)nc2-c2ccc3ccc4c(c3c2)-c2ccccc2C4(c2ccccc2)c2ccccc2)cc1.c1ccc(-c2nc3ccc4ccccc4c3nc2-c2ccc3ccc4c(c3c2)-c2ccccc2C4(c2ccccc2)c2ccccc2)cc1. The summed E-state index contributed by atoms with van der Waals surface area (Å²) in [5.74, 6) is 0.781. The van der Waals surface area contributed by atoms with Crippen molar-refractivity contribution in [2.75, 3.05) is 0 Å². The van der Waals surface area contributed by atoms with Gasteiger partial charge in [0.1, 0.15) is 0 Å². The van der Waals surface area contributed by atoms with E-state index in [9.17, 15) is 0 Å². The molecule has 0 spiro atoms. The van der Waals surface area contributed by atoms with Crippen molar-refractivity contribution in [3.05, 3.63) is 529 Å². The summed E-state index contributed by atoms with van der Waals surface area (Å²) in [5, 5.41) is 12.9. The molecule has 0 amide bonds. The quantitative estimate of drug-likeness (QED) is 0.127. The van der Waals surface area contributed by atoms with Crippen LogP contribution < -0.4 is 0 Å². The molecule has 0 unspecified atom stereocenters. The van der Waals surface area contributed by atoms with Crippen molar-refractivity contribution in [3.8, 4) is 101 Å². The predicted octanol–water partition coefficient (Wildman–Crippen LogP) is 31.7. The van der Waals surface area contributed by atoms with Gasteiger partial charge in [0.2, 0.25) is 0 Å². The summed E-state index contributed by atoms with van der Waals surface area (Å²) in [4.78, 5) is 32.0. The van der Waals surface area contributed by atoms with Gasteiger partial charge in [-0.05, 0) is 169 Å². The van der Waals surface area contributed by atoms with E-state index in [1.807, 2.05) is 12.1 Å². The molecule has 3 aliphatic rings. The van der Waals surface area contributed by atoms with E-state index in [0.717, 1.165) is 122 Å². The normalized spacial score (nSPS) is 13.2. The van der Waals surface area contributed by atoms with Crippen LogP contribution in [0.4, 0.5) is 0 Å². The Hall–Kier alpha value is -17.1. The maximum atomic E-state index is 5.46. The number of fused-ring (bicyclic) bond motifs is 21. The van der Waals surface area contributed by atoms with Crippen LogP contribution in [0.3, 0.4) is 0 Å². The van der Waals surface area contributed by atoms with E-state index in [4.69, 9.17) is 29.9 Å². The smallest absolute Gasteiger partial charge is 0.161 e. The summed E-state index contributed by atoms with van der Waals surface area (Å²) in [6.07, 6.45) is 0. The van der Waals surface area contributed by atoms with Crippen LogP contribution in [0.25, 0.3) is 188 Å². The Morgan fingerprint density at radius 2 is 0.504 bits per heavy atom. The van der Waals surface area contributed by atoms with Gasteiger partial charge in [0.15, 0.2) is 5.82 Å². The fraction of sp³-hybridized carbons (Fsp3) is 0.0394. The molecule has 6 nitrogen and oxygen atoms in total. The van der Waals surface area contributed by atoms with Crippen LogP contribution >= 0.6 is 0 Å². The van der Waals surface area contributed by atoms with E-state index in [-0.39, 0.29) is 5.41 Å². The summed E-state index contributed by atoms with van der Waals surface area (Å²) in [6.45, 7) is 4.65. The zero-order valence-corrected chi connectivity index (χ0v) is 73.2. The van der Waals surface area contributed by atoms with Crippen LogP contribution in [0.5, 0.6) is 0 Å². The molecule has 6 heteroatoms. The lowest BCUT2D eigenvalue weighted by Crippen LogP contribution is -2.28. The number of hydrogen-bond acceptors (Lipinski definition) is 6. The lowest BCUT2D eigenvalue weighted by Gasteiger charge is -2.33. The van der Waals surface area contributed by atoms with Gasteiger partial charge in [-0.3, -0.25) is 0 Å². The van der Waals surface area contributed by atoms with Crippen LogP contribution in [0, 0.1) is 0 Å². The lowest BCUT2D eigenvalue weighted by molar-refractivity contribution is 0.661. The molecule has 3 heterocycles. The number of nitrogens with zero attached hydrogens (tertiary/aromatic N) is 6. The first-order valence-corrected chi connectivity index (χ1v) is 45.8. The number of rotatable bonds is 10. The van der Waals surface area contributed by atoms with Gasteiger partial charge < -0.3 is 0 Å². The highest BCUT2D eigenvalue weighted by atomic mass is 14.9. The van der Waals surface area contributed by atoms with Gasteiger partial charge >= 0.3 is 0 Å². The Kier molecular flexibility index (Phi) is 18.6. The average molecular weight is 1690 g/mol. The van der Waals surface area contributed by atoms with Gasteiger partial charge in [-0.15, -0.1) is 0 Å².